The summed E-state index contributed by atoms with van der Waals surface area (Å²) >= 11 is 3.21. The quantitative estimate of drug-likeness (QED) is 0.903. The largest absolute Gasteiger partial charge is 0.476 e. The molecule has 0 radical (unpaired) electrons. The predicted molar refractivity (Wildman–Crippen MR) is 75.3 cm³/mol. The molecule has 0 amide bonds. The molecule has 100 valence electrons. The van der Waals surface area contributed by atoms with Crippen LogP contribution in [0.2, 0.25) is 0 Å². The van der Waals surface area contributed by atoms with Crippen LogP contribution in [0.15, 0.2) is 33.3 Å². The summed E-state index contributed by atoms with van der Waals surface area (Å²) in [4.78, 5) is 10.9. The highest BCUT2D eigenvalue weighted by Crippen LogP contribution is 2.32. The van der Waals surface area contributed by atoms with E-state index in [1.165, 1.54) is 5.56 Å². The Morgan fingerprint density at radius 3 is 2.26 bits per heavy atom. The summed E-state index contributed by atoms with van der Waals surface area (Å²) in [6, 6.07) is 7.81. The average molecular weight is 324 g/mol. The van der Waals surface area contributed by atoms with Crippen LogP contribution in [0.25, 0.3) is 11.3 Å². The third kappa shape index (κ3) is 2.71. The minimum atomic E-state index is -1.12. The van der Waals surface area contributed by atoms with Gasteiger partial charge in [0, 0.05) is 5.56 Å². The van der Waals surface area contributed by atoms with Crippen molar-refractivity contribution in [1.82, 2.24) is 5.16 Å². The van der Waals surface area contributed by atoms with Crippen LogP contribution in [-0.2, 0) is 5.41 Å². The van der Waals surface area contributed by atoms with Crippen molar-refractivity contribution >= 4 is 21.9 Å². The summed E-state index contributed by atoms with van der Waals surface area (Å²) in [5, 5.41) is 12.5. The lowest BCUT2D eigenvalue weighted by molar-refractivity contribution is 0.0685. The molecule has 1 aromatic carbocycles. The summed E-state index contributed by atoms with van der Waals surface area (Å²) in [5.74, 6) is -0.689. The number of aromatic carboxylic acids is 1. The van der Waals surface area contributed by atoms with Crippen molar-refractivity contribution in [3.05, 3.63) is 40.0 Å². The molecule has 0 aliphatic rings. The molecular weight excluding hydrogens is 310 g/mol. The molecular formula is C14H14BrNO3. The second kappa shape index (κ2) is 4.81. The molecule has 0 fully saturated rings. The number of carboxylic acid groups (broad SMARTS) is 1. The number of nitrogens with zero attached hydrogens (tertiary/aromatic N) is 1. The van der Waals surface area contributed by atoms with E-state index in [2.05, 4.69) is 41.9 Å². The van der Waals surface area contributed by atoms with Gasteiger partial charge in [-0.1, -0.05) is 50.2 Å². The first-order valence-corrected chi connectivity index (χ1v) is 6.59. The Morgan fingerprint density at radius 1 is 1.26 bits per heavy atom. The number of benzene rings is 1. The highest BCUT2D eigenvalue weighted by atomic mass is 79.9. The molecule has 19 heavy (non-hydrogen) atoms. The van der Waals surface area contributed by atoms with Crippen molar-refractivity contribution in [3.63, 3.8) is 0 Å². The van der Waals surface area contributed by atoms with Gasteiger partial charge < -0.3 is 9.63 Å². The van der Waals surface area contributed by atoms with Crippen molar-refractivity contribution in [2.75, 3.05) is 0 Å². The zero-order valence-corrected chi connectivity index (χ0v) is 12.5. The minimum absolute atomic E-state index is 0.0728. The van der Waals surface area contributed by atoms with Crippen LogP contribution in [0.4, 0.5) is 0 Å². The number of hydrogen-bond donors (Lipinski definition) is 1. The molecule has 1 N–H and O–H groups in total. The molecule has 0 aliphatic carbocycles. The van der Waals surface area contributed by atoms with Crippen molar-refractivity contribution in [3.8, 4) is 11.3 Å². The van der Waals surface area contributed by atoms with Crippen LogP contribution in [0, 0.1) is 0 Å². The molecule has 4 nitrogen and oxygen atoms in total. The van der Waals surface area contributed by atoms with E-state index in [-0.39, 0.29) is 11.1 Å². The Hall–Kier alpha value is -1.62. The van der Waals surface area contributed by atoms with Crippen molar-refractivity contribution in [1.29, 1.82) is 0 Å². The predicted octanol–water partition coefficient (Wildman–Crippen LogP) is 4.10. The normalized spacial score (nSPS) is 11.6. The number of rotatable bonds is 2. The number of carbonyl (C=O) groups is 1. The fraction of sp³-hybridized carbons (Fsp3) is 0.286. The first-order chi connectivity index (χ1) is 8.80. The van der Waals surface area contributed by atoms with Gasteiger partial charge in [-0.05, 0) is 26.9 Å². The molecule has 5 heteroatoms. The maximum atomic E-state index is 10.9. The van der Waals surface area contributed by atoms with Gasteiger partial charge in [-0.25, -0.2) is 4.79 Å². The van der Waals surface area contributed by atoms with E-state index >= 15 is 0 Å². The van der Waals surface area contributed by atoms with Gasteiger partial charge in [0.25, 0.3) is 0 Å². The Balaban J connectivity index is 2.41. The summed E-state index contributed by atoms with van der Waals surface area (Å²) in [6.07, 6.45) is 0. The maximum Gasteiger partial charge on any atom is 0.359 e. The van der Waals surface area contributed by atoms with E-state index in [0.29, 0.717) is 10.2 Å². The van der Waals surface area contributed by atoms with Crippen molar-refractivity contribution in [2.45, 2.75) is 26.2 Å². The Kier molecular flexibility index (Phi) is 3.49. The number of halogens is 1. The molecule has 0 unspecified atom stereocenters. The van der Waals surface area contributed by atoms with Gasteiger partial charge in [-0.2, -0.15) is 0 Å². The van der Waals surface area contributed by atoms with Gasteiger partial charge >= 0.3 is 5.97 Å². The second-order valence-electron chi connectivity index (χ2n) is 5.31. The molecule has 2 rings (SSSR count). The van der Waals surface area contributed by atoms with Gasteiger partial charge in [0.15, 0.2) is 5.76 Å². The Bertz CT molecular complexity index is 609. The minimum Gasteiger partial charge on any atom is -0.476 e. The fourth-order valence-corrected chi connectivity index (χ4v) is 2.26. The fourth-order valence-electron chi connectivity index (χ4n) is 1.71. The SMILES string of the molecule is CC(C)(C)c1ccc(-c2onc(C(=O)O)c2Br)cc1. The van der Waals surface area contributed by atoms with Gasteiger partial charge in [-0.3, -0.25) is 0 Å². The van der Waals surface area contributed by atoms with E-state index in [9.17, 15) is 4.79 Å². The molecule has 0 spiro atoms. The van der Waals surface area contributed by atoms with Crippen LogP contribution in [0.1, 0.15) is 36.8 Å². The molecule has 0 saturated carbocycles. The van der Waals surface area contributed by atoms with Crippen LogP contribution < -0.4 is 0 Å². The average Bonchev–Trinajstić information content (AvgIpc) is 2.70. The summed E-state index contributed by atoms with van der Waals surface area (Å²) in [7, 11) is 0. The third-order valence-corrected chi connectivity index (χ3v) is 3.59. The van der Waals surface area contributed by atoms with E-state index in [4.69, 9.17) is 9.63 Å². The monoisotopic (exact) mass is 323 g/mol. The number of carboxylic acids is 1. The van der Waals surface area contributed by atoms with E-state index in [1.807, 2.05) is 24.3 Å². The van der Waals surface area contributed by atoms with Crippen LogP contribution in [-0.4, -0.2) is 16.2 Å². The highest BCUT2D eigenvalue weighted by molar-refractivity contribution is 9.10. The topological polar surface area (TPSA) is 63.3 Å². The standard InChI is InChI=1S/C14H14BrNO3/c1-14(2,3)9-6-4-8(5-7-9)12-10(15)11(13(17)18)16-19-12/h4-7H,1-3H3,(H,17,18). The molecule has 0 bridgehead atoms. The summed E-state index contributed by atoms with van der Waals surface area (Å²) in [5.41, 5.74) is 1.95. The van der Waals surface area contributed by atoms with Gasteiger partial charge in [0.2, 0.25) is 5.69 Å². The summed E-state index contributed by atoms with van der Waals surface area (Å²) in [6.45, 7) is 6.40. The smallest absolute Gasteiger partial charge is 0.359 e. The van der Waals surface area contributed by atoms with Crippen LogP contribution >= 0.6 is 15.9 Å². The highest BCUT2D eigenvalue weighted by Gasteiger charge is 2.21. The summed E-state index contributed by atoms with van der Waals surface area (Å²) < 4.78 is 5.45. The van der Waals surface area contributed by atoms with Crippen LogP contribution in [0.3, 0.4) is 0 Å². The molecule has 2 aromatic rings. The molecule has 0 aliphatic heterocycles. The lowest BCUT2D eigenvalue weighted by Gasteiger charge is -2.18. The zero-order valence-electron chi connectivity index (χ0n) is 10.9. The van der Waals surface area contributed by atoms with Gasteiger partial charge in [-0.15, -0.1) is 0 Å². The van der Waals surface area contributed by atoms with Gasteiger partial charge in [0.1, 0.15) is 4.47 Å². The van der Waals surface area contributed by atoms with Crippen molar-refractivity contribution < 1.29 is 14.4 Å². The number of hydrogen-bond acceptors (Lipinski definition) is 3. The third-order valence-electron chi connectivity index (χ3n) is 2.85. The van der Waals surface area contributed by atoms with E-state index in [0.717, 1.165) is 5.56 Å². The second-order valence-corrected chi connectivity index (χ2v) is 6.10. The van der Waals surface area contributed by atoms with E-state index in [1.54, 1.807) is 0 Å². The Morgan fingerprint density at radius 2 is 1.84 bits per heavy atom. The van der Waals surface area contributed by atoms with Crippen LogP contribution in [0.5, 0.6) is 0 Å². The molecule has 0 saturated heterocycles. The lowest BCUT2D eigenvalue weighted by atomic mass is 9.86. The first kappa shape index (κ1) is 13.8. The molecule has 1 aromatic heterocycles. The molecule has 0 atom stereocenters. The van der Waals surface area contributed by atoms with Gasteiger partial charge in [0.05, 0.1) is 0 Å². The Labute approximate surface area is 119 Å². The zero-order chi connectivity index (χ0) is 14.2. The maximum absolute atomic E-state index is 10.9. The van der Waals surface area contributed by atoms with E-state index < -0.39 is 5.97 Å². The van der Waals surface area contributed by atoms with Crippen molar-refractivity contribution in [2.24, 2.45) is 0 Å². The lowest BCUT2D eigenvalue weighted by Crippen LogP contribution is -2.10. The first-order valence-electron chi connectivity index (χ1n) is 5.80. The molecule has 1 heterocycles. The number of aromatic nitrogens is 1.